The lowest BCUT2D eigenvalue weighted by atomic mass is 10.1. The zero-order chi connectivity index (χ0) is 16.2. The molecule has 0 aliphatic carbocycles. The smallest absolute Gasteiger partial charge is 0.243 e. The fraction of sp³-hybridized carbons (Fsp3) is 0.500. The molecule has 0 heterocycles. The predicted molar refractivity (Wildman–Crippen MR) is 87.9 cm³/mol. The van der Waals surface area contributed by atoms with Crippen molar-refractivity contribution in [3.63, 3.8) is 0 Å². The van der Waals surface area contributed by atoms with E-state index in [-0.39, 0.29) is 0 Å². The molecule has 21 heavy (non-hydrogen) atoms. The van der Waals surface area contributed by atoms with Gasteiger partial charge in [0.25, 0.3) is 0 Å². The standard InChI is InChI=1S/C16H26N2O2S/c1-7-8-18(6)21(19,20)16-10-15(11-17-12(2)3)9-13(4)14(16)5/h7,9-10,12,17H,1,8,11H2,2-6H3. The van der Waals surface area contributed by atoms with Crippen LogP contribution >= 0.6 is 0 Å². The first-order valence-electron chi connectivity index (χ1n) is 7.11. The number of benzene rings is 1. The average molecular weight is 310 g/mol. The molecule has 0 saturated carbocycles. The second kappa shape index (κ2) is 7.20. The molecule has 4 nitrogen and oxygen atoms in total. The molecule has 5 heteroatoms. The van der Waals surface area contributed by atoms with E-state index in [4.69, 9.17) is 0 Å². The van der Waals surface area contributed by atoms with Crippen molar-refractivity contribution in [1.29, 1.82) is 0 Å². The number of sulfonamides is 1. The van der Waals surface area contributed by atoms with Gasteiger partial charge in [0.2, 0.25) is 10.0 Å². The van der Waals surface area contributed by atoms with Gasteiger partial charge in [-0.2, -0.15) is 4.31 Å². The highest BCUT2D eigenvalue weighted by Gasteiger charge is 2.23. The normalized spacial score (nSPS) is 12.1. The molecule has 0 radical (unpaired) electrons. The Balaban J connectivity index is 3.25. The van der Waals surface area contributed by atoms with Crippen molar-refractivity contribution in [3.05, 3.63) is 41.5 Å². The SMILES string of the molecule is C=CCN(C)S(=O)(=O)c1cc(CNC(C)C)cc(C)c1C. The summed E-state index contributed by atoms with van der Waals surface area (Å²) in [4.78, 5) is 0.382. The van der Waals surface area contributed by atoms with Gasteiger partial charge >= 0.3 is 0 Å². The zero-order valence-corrected chi connectivity index (χ0v) is 14.4. The average Bonchev–Trinajstić information content (AvgIpc) is 2.39. The van der Waals surface area contributed by atoms with Gasteiger partial charge < -0.3 is 5.32 Å². The van der Waals surface area contributed by atoms with E-state index in [0.29, 0.717) is 24.0 Å². The summed E-state index contributed by atoms with van der Waals surface area (Å²) in [5.74, 6) is 0. The summed E-state index contributed by atoms with van der Waals surface area (Å²) in [6.07, 6.45) is 1.59. The van der Waals surface area contributed by atoms with Gasteiger partial charge in [0.1, 0.15) is 0 Å². The highest BCUT2D eigenvalue weighted by atomic mass is 32.2. The van der Waals surface area contributed by atoms with E-state index in [0.717, 1.165) is 16.7 Å². The van der Waals surface area contributed by atoms with Crippen LogP contribution in [0.4, 0.5) is 0 Å². The van der Waals surface area contributed by atoms with Gasteiger partial charge in [0, 0.05) is 26.2 Å². The van der Waals surface area contributed by atoms with E-state index in [9.17, 15) is 8.42 Å². The molecule has 0 aromatic heterocycles. The molecular weight excluding hydrogens is 284 g/mol. The monoisotopic (exact) mass is 310 g/mol. The van der Waals surface area contributed by atoms with Crippen molar-refractivity contribution in [1.82, 2.24) is 9.62 Å². The summed E-state index contributed by atoms with van der Waals surface area (Å²) in [5.41, 5.74) is 2.78. The Hall–Kier alpha value is -1.17. The Kier molecular flexibility index (Phi) is 6.13. The number of hydrogen-bond donors (Lipinski definition) is 1. The molecule has 0 spiro atoms. The minimum atomic E-state index is -3.48. The molecule has 0 amide bonds. The lowest BCUT2D eigenvalue weighted by Gasteiger charge is -2.19. The molecule has 0 bridgehead atoms. The summed E-state index contributed by atoms with van der Waals surface area (Å²) in [6, 6.07) is 4.17. The predicted octanol–water partition coefficient (Wildman–Crippen LogP) is 2.61. The zero-order valence-electron chi connectivity index (χ0n) is 13.6. The molecule has 1 rings (SSSR count). The Morgan fingerprint density at radius 1 is 1.33 bits per heavy atom. The molecule has 0 saturated heterocycles. The summed E-state index contributed by atoms with van der Waals surface area (Å²) in [6.45, 7) is 12.5. The van der Waals surface area contributed by atoms with Crippen molar-refractivity contribution < 1.29 is 8.42 Å². The number of likely N-dealkylation sites (N-methyl/N-ethyl adjacent to an activating group) is 1. The highest BCUT2D eigenvalue weighted by molar-refractivity contribution is 7.89. The van der Waals surface area contributed by atoms with E-state index in [2.05, 4.69) is 25.7 Å². The fourth-order valence-electron chi connectivity index (χ4n) is 2.04. The maximum Gasteiger partial charge on any atom is 0.243 e. The van der Waals surface area contributed by atoms with Crippen LogP contribution in [0, 0.1) is 13.8 Å². The van der Waals surface area contributed by atoms with Crippen LogP contribution in [-0.4, -0.2) is 32.4 Å². The van der Waals surface area contributed by atoms with E-state index < -0.39 is 10.0 Å². The molecule has 0 aliphatic heterocycles. The second-order valence-corrected chi connectivity index (χ2v) is 7.66. The van der Waals surface area contributed by atoms with Crippen molar-refractivity contribution in [2.45, 2.75) is 45.2 Å². The second-order valence-electron chi connectivity index (χ2n) is 5.65. The van der Waals surface area contributed by atoms with Gasteiger partial charge in [-0.25, -0.2) is 8.42 Å². The quantitative estimate of drug-likeness (QED) is 0.788. The molecule has 1 aromatic carbocycles. The molecule has 118 valence electrons. The number of nitrogens with zero attached hydrogens (tertiary/aromatic N) is 1. The van der Waals surface area contributed by atoms with Gasteiger partial charge in [0.15, 0.2) is 0 Å². The van der Waals surface area contributed by atoms with Crippen LogP contribution in [0.2, 0.25) is 0 Å². The van der Waals surface area contributed by atoms with Crippen molar-refractivity contribution >= 4 is 10.0 Å². The molecule has 1 aromatic rings. The highest BCUT2D eigenvalue weighted by Crippen LogP contribution is 2.24. The van der Waals surface area contributed by atoms with Gasteiger partial charge in [-0.05, 0) is 36.6 Å². The summed E-state index contributed by atoms with van der Waals surface area (Å²) in [5, 5.41) is 3.32. The minimum absolute atomic E-state index is 0.301. The first-order valence-corrected chi connectivity index (χ1v) is 8.55. The summed E-state index contributed by atoms with van der Waals surface area (Å²) >= 11 is 0. The third kappa shape index (κ3) is 4.40. The van der Waals surface area contributed by atoms with Crippen molar-refractivity contribution in [2.24, 2.45) is 0 Å². The van der Waals surface area contributed by atoms with Crippen LogP contribution in [0.5, 0.6) is 0 Å². The number of hydrogen-bond acceptors (Lipinski definition) is 3. The van der Waals surface area contributed by atoms with Crippen molar-refractivity contribution in [3.8, 4) is 0 Å². The summed E-state index contributed by atoms with van der Waals surface area (Å²) in [7, 11) is -1.91. The van der Waals surface area contributed by atoms with E-state index in [1.165, 1.54) is 4.31 Å². The van der Waals surface area contributed by atoms with Gasteiger partial charge in [0.05, 0.1) is 4.90 Å². The molecule has 0 fully saturated rings. The Bertz CT molecular complexity index is 607. The summed E-state index contributed by atoms with van der Waals surface area (Å²) < 4.78 is 26.6. The van der Waals surface area contributed by atoms with Crippen LogP contribution in [0.1, 0.15) is 30.5 Å². The maximum absolute atomic E-state index is 12.6. The third-order valence-corrected chi connectivity index (χ3v) is 5.42. The van der Waals surface area contributed by atoms with Crippen LogP contribution in [0.15, 0.2) is 29.7 Å². The maximum atomic E-state index is 12.6. The molecular formula is C16H26N2O2S. The Labute approximate surface area is 128 Å². The van der Waals surface area contributed by atoms with Crippen LogP contribution < -0.4 is 5.32 Å². The van der Waals surface area contributed by atoms with Crippen LogP contribution in [0.25, 0.3) is 0 Å². The molecule has 0 atom stereocenters. The number of rotatable bonds is 7. The molecule has 0 unspecified atom stereocenters. The van der Waals surface area contributed by atoms with Crippen LogP contribution in [-0.2, 0) is 16.6 Å². The lowest BCUT2D eigenvalue weighted by molar-refractivity contribution is 0.498. The topological polar surface area (TPSA) is 49.4 Å². The Morgan fingerprint density at radius 3 is 2.48 bits per heavy atom. The van der Waals surface area contributed by atoms with E-state index in [1.807, 2.05) is 19.9 Å². The molecule has 1 N–H and O–H groups in total. The molecule has 0 aliphatic rings. The largest absolute Gasteiger partial charge is 0.310 e. The number of aryl methyl sites for hydroxylation is 1. The number of nitrogens with one attached hydrogen (secondary N) is 1. The van der Waals surface area contributed by atoms with Gasteiger partial charge in [-0.15, -0.1) is 6.58 Å². The minimum Gasteiger partial charge on any atom is -0.310 e. The van der Waals surface area contributed by atoms with Crippen molar-refractivity contribution in [2.75, 3.05) is 13.6 Å². The van der Waals surface area contributed by atoms with Gasteiger partial charge in [-0.3, -0.25) is 0 Å². The first kappa shape index (κ1) is 17.9. The van der Waals surface area contributed by atoms with Gasteiger partial charge in [-0.1, -0.05) is 26.0 Å². The first-order chi connectivity index (χ1) is 9.70. The van der Waals surface area contributed by atoms with E-state index in [1.54, 1.807) is 19.2 Å². The van der Waals surface area contributed by atoms with E-state index >= 15 is 0 Å². The fourth-order valence-corrected chi connectivity index (χ4v) is 3.52. The lowest BCUT2D eigenvalue weighted by Crippen LogP contribution is -2.28. The van der Waals surface area contributed by atoms with Crippen LogP contribution in [0.3, 0.4) is 0 Å². The third-order valence-electron chi connectivity index (χ3n) is 3.47. The Morgan fingerprint density at radius 2 is 1.95 bits per heavy atom.